The van der Waals surface area contributed by atoms with Crippen molar-refractivity contribution in [3.05, 3.63) is 54.6 Å². The SMILES string of the molecule is CCOc1ccccc1N1CC[NH+]([C@H](C)C(=O)N(C)c2ccccc2)CC1. The van der Waals surface area contributed by atoms with E-state index in [4.69, 9.17) is 4.74 Å². The summed E-state index contributed by atoms with van der Waals surface area (Å²) in [5.74, 6) is 1.11. The first-order chi connectivity index (χ1) is 13.1. The van der Waals surface area contributed by atoms with E-state index in [-0.39, 0.29) is 11.9 Å². The number of carbonyl (C=O) groups excluding carboxylic acids is 1. The number of anilines is 2. The Morgan fingerprint density at radius 1 is 1.11 bits per heavy atom. The van der Waals surface area contributed by atoms with E-state index in [0.717, 1.165) is 43.3 Å². The summed E-state index contributed by atoms with van der Waals surface area (Å²) in [5, 5.41) is 0. The molecule has 144 valence electrons. The predicted octanol–water partition coefficient (Wildman–Crippen LogP) is 1.84. The lowest BCUT2D eigenvalue weighted by Gasteiger charge is -2.37. The number of hydrogen-bond acceptors (Lipinski definition) is 3. The van der Waals surface area contributed by atoms with E-state index in [1.165, 1.54) is 4.90 Å². The van der Waals surface area contributed by atoms with Crippen LogP contribution in [0.3, 0.4) is 0 Å². The molecule has 5 heteroatoms. The van der Waals surface area contributed by atoms with Gasteiger partial charge in [-0.15, -0.1) is 0 Å². The largest absolute Gasteiger partial charge is 0.492 e. The molecule has 1 N–H and O–H groups in total. The number of para-hydroxylation sites is 3. The minimum Gasteiger partial charge on any atom is -0.492 e. The Balaban J connectivity index is 1.61. The molecule has 1 aliphatic heterocycles. The highest BCUT2D eigenvalue weighted by molar-refractivity contribution is 5.95. The minimum absolute atomic E-state index is 0.0560. The predicted molar refractivity (Wildman–Crippen MR) is 110 cm³/mol. The van der Waals surface area contributed by atoms with Crippen LogP contribution < -0.4 is 19.4 Å². The topological polar surface area (TPSA) is 37.2 Å². The number of nitrogens with zero attached hydrogens (tertiary/aromatic N) is 2. The third-order valence-electron chi connectivity index (χ3n) is 5.37. The van der Waals surface area contributed by atoms with Crippen LogP contribution in [-0.4, -0.2) is 51.8 Å². The van der Waals surface area contributed by atoms with Gasteiger partial charge in [-0.3, -0.25) is 4.79 Å². The number of carbonyl (C=O) groups is 1. The number of ether oxygens (including phenoxy) is 1. The van der Waals surface area contributed by atoms with Crippen molar-refractivity contribution in [2.75, 3.05) is 49.6 Å². The summed E-state index contributed by atoms with van der Waals surface area (Å²) in [5.41, 5.74) is 2.09. The standard InChI is InChI=1S/C22H29N3O2/c1-4-27-21-13-9-8-12-20(21)25-16-14-24(15-17-25)18(2)22(26)23(3)19-10-6-5-7-11-19/h5-13,18H,4,14-17H2,1-3H3/p+1/t18-/m1/s1. The summed E-state index contributed by atoms with van der Waals surface area (Å²) >= 11 is 0. The second-order valence-corrected chi connectivity index (χ2v) is 7.00. The Morgan fingerprint density at radius 2 is 1.74 bits per heavy atom. The first-order valence-corrected chi connectivity index (χ1v) is 9.75. The molecule has 0 unspecified atom stereocenters. The van der Waals surface area contributed by atoms with E-state index in [9.17, 15) is 4.79 Å². The van der Waals surface area contributed by atoms with Crippen LogP contribution in [0, 0.1) is 0 Å². The summed E-state index contributed by atoms with van der Waals surface area (Å²) in [6.07, 6.45) is 0. The Labute approximate surface area is 162 Å². The lowest BCUT2D eigenvalue weighted by atomic mass is 10.1. The zero-order chi connectivity index (χ0) is 19.2. The molecule has 27 heavy (non-hydrogen) atoms. The van der Waals surface area contributed by atoms with E-state index in [0.29, 0.717) is 6.61 Å². The molecule has 2 aromatic carbocycles. The minimum atomic E-state index is -0.0560. The van der Waals surface area contributed by atoms with Crippen LogP contribution in [-0.2, 0) is 4.79 Å². The highest BCUT2D eigenvalue weighted by atomic mass is 16.5. The zero-order valence-corrected chi connectivity index (χ0v) is 16.5. The van der Waals surface area contributed by atoms with Gasteiger partial charge in [0, 0.05) is 12.7 Å². The molecular weight excluding hydrogens is 338 g/mol. The Morgan fingerprint density at radius 3 is 2.41 bits per heavy atom. The van der Waals surface area contributed by atoms with Gasteiger partial charge in [0.25, 0.3) is 5.91 Å². The van der Waals surface area contributed by atoms with E-state index in [2.05, 4.69) is 17.0 Å². The van der Waals surface area contributed by atoms with Crippen LogP contribution in [0.25, 0.3) is 0 Å². The average Bonchev–Trinajstić information content (AvgIpc) is 2.73. The van der Waals surface area contributed by atoms with Crippen molar-refractivity contribution in [2.45, 2.75) is 19.9 Å². The molecular formula is C22H30N3O2+. The van der Waals surface area contributed by atoms with Crippen LogP contribution in [0.1, 0.15) is 13.8 Å². The Kier molecular flexibility index (Phi) is 6.35. The molecule has 0 saturated carbocycles. The quantitative estimate of drug-likeness (QED) is 0.845. The second kappa shape index (κ2) is 8.91. The van der Waals surface area contributed by atoms with Gasteiger partial charge in [-0.25, -0.2) is 0 Å². The molecule has 5 nitrogen and oxygen atoms in total. The fourth-order valence-electron chi connectivity index (χ4n) is 3.71. The number of benzene rings is 2. The van der Waals surface area contributed by atoms with Crippen LogP contribution >= 0.6 is 0 Å². The maximum Gasteiger partial charge on any atom is 0.284 e. The van der Waals surface area contributed by atoms with Gasteiger partial charge in [0.1, 0.15) is 5.75 Å². The summed E-state index contributed by atoms with van der Waals surface area (Å²) < 4.78 is 5.77. The molecule has 1 fully saturated rings. The lowest BCUT2D eigenvalue weighted by Crippen LogP contribution is -3.19. The maximum atomic E-state index is 12.9. The van der Waals surface area contributed by atoms with E-state index in [1.54, 1.807) is 4.90 Å². The van der Waals surface area contributed by atoms with Crippen molar-refractivity contribution in [2.24, 2.45) is 0 Å². The van der Waals surface area contributed by atoms with Crippen molar-refractivity contribution in [1.29, 1.82) is 0 Å². The average molecular weight is 369 g/mol. The number of quaternary nitrogens is 1. The van der Waals surface area contributed by atoms with Crippen LogP contribution in [0.2, 0.25) is 0 Å². The third-order valence-corrected chi connectivity index (χ3v) is 5.37. The van der Waals surface area contributed by atoms with Crippen molar-refractivity contribution in [3.63, 3.8) is 0 Å². The van der Waals surface area contributed by atoms with Gasteiger partial charge in [0.2, 0.25) is 0 Å². The lowest BCUT2D eigenvalue weighted by molar-refractivity contribution is -0.914. The van der Waals surface area contributed by atoms with Crippen molar-refractivity contribution in [1.82, 2.24) is 0 Å². The number of likely N-dealkylation sites (N-methyl/N-ethyl adjacent to an activating group) is 1. The number of rotatable bonds is 6. The van der Waals surface area contributed by atoms with Gasteiger partial charge in [-0.2, -0.15) is 0 Å². The van der Waals surface area contributed by atoms with E-state index in [1.807, 2.05) is 63.4 Å². The van der Waals surface area contributed by atoms with Gasteiger partial charge >= 0.3 is 0 Å². The molecule has 3 rings (SSSR count). The summed E-state index contributed by atoms with van der Waals surface area (Å²) in [6.45, 7) is 8.44. The fourth-order valence-corrected chi connectivity index (χ4v) is 3.71. The van der Waals surface area contributed by atoms with Gasteiger partial charge in [-0.05, 0) is 38.1 Å². The molecule has 1 atom stereocenters. The molecule has 0 aromatic heterocycles. The molecule has 0 bridgehead atoms. The molecule has 1 aliphatic rings. The first kappa shape index (κ1) is 19.2. The molecule has 2 aromatic rings. The number of piperazine rings is 1. The first-order valence-electron chi connectivity index (χ1n) is 9.75. The number of hydrogen-bond donors (Lipinski definition) is 1. The normalized spacial score (nSPS) is 16.0. The highest BCUT2D eigenvalue weighted by Gasteiger charge is 2.32. The van der Waals surface area contributed by atoms with Gasteiger partial charge in [-0.1, -0.05) is 30.3 Å². The Hall–Kier alpha value is -2.53. The van der Waals surface area contributed by atoms with E-state index < -0.39 is 0 Å². The highest BCUT2D eigenvalue weighted by Crippen LogP contribution is 2.27. The zero-order valence-electron chi connectivity index (χ0n) is 16.5. The van der Waals surface area contributed by atoms with Crippen molar-refractivity contribution in [3.8, 4) is 5.75 Å². The van der Waals surface area contributed by atoms with Crippen LogP contribution in [0.4, 0.5) is 11.4 Å². The van der Waals surface area contributed by atoms with Gasteiger partial charge in [0.05, 0.1) is 38.5 Å². The molecule has 0 radical (unpaired) electrons. The molecule has 1 amide bonds. The molecule has 1 saturated heterocycles. The number of nitrogens with one attached hydrogen (secondary N) is 1. The number of amides is 1. The second-order valence-electron chi connectivity index (χ2n) is 7.00. The summed E-state index contributed by atoms with van der Waals surface area (Å²) in [4.78, 5) is 18.4. The van der Waals surface area contributed by atoms with Crippen molar-refractivity contribution >= 4 is 17.3 Å². The third kappa shape index (κ3) is 4.42. The molecule has 0 aliphatic carbocycles. The smallest absolute Gasteiger partial charge is 0.284 e. The summed E-state index contributed by atoms with van der Waals surface area (Å²) in [7, 11) is 1.86. The Bertz CT molecular complexity index is 742. The summed E-state index contributed by atoms with van der Waals surface area (Å²) in [6, 6.07) is 18.0. The maximum absolute atomic E-state index is 12.9. The van der Waals surface area contributed by atoms with Gasteiger partial charge in [0.15, 0.2) is 6.04 Å². The van der Waals surface area contributed by atoms with Crippen LogP contribution in [0.15, 0.2) is 54.6 Å². The van der Waals surface area contributed by atoms with E-state index >= 15 is 0 Å². The fraction of sp³-hybridized carbons (Fsp3) is 0.409. The van der Waals surface area contributed by atoms with Gasteiger partial charge < -0.3 is 19.4 Å². The van der Waals surface area contributed by atoms with Crippen LogP contribution in [0.5, 0.6) is 5.75 Å². The van der Waals surface area contributed by atoms with Crippen molar-refractivity contribution < 1.29 is 14.4 Å². The molecule has 0 spiro atoms. The monoisotopic (exact) mass is 368 g/mol. The molecule has 1 heterocycles.